The third kappa shape index (κ3) is 5.80. The van der Waals surface area contributed by atoms with Gasteiger partial charge in [0.05, 0.1) is 0 Å². The fraction of sp³-hybridized carbons (Fsp3) is 0.938. The first-order valence-electron chi connectivity index (χ1n) is 8.37. The molecule has 4 heteroatoms. The van der Waals surface area contributed by atoms with Gasteiger partial charge in [-0.15, -0.1) is 0 Å². The summed E-state index contributed by atoms with van der Waals surface area (Å²) in [4.78, 5) is 13.5. The maximum absolute atomic E-state index is 11.0. The monoisotopic (exact) mass is 281 g/mol. The first kappa shape index (κ1) is 15.8. The normalized spacial score (nSPS) is 27.5. The quantitative estimate of drug-likeness (QED) is 0.710. The minimum atomic E-state index is 0.0792. The molecule has 0 spiro atoms. The topological polar surface area (TPSA) is 44.4 Å². The van der Waals surface area contributed by atoms with Crippen LogP contribution >= 0.6 is 0 Å². The van der Waals surface area contributed by atoms with Crippen LogP contribution in [-0.4, -0.2) is 49.6 Å². The summed E-state index contributed by atoms with van der Waals surface area (Å²) < 4.78 is 0. The number of likely N-dealkylation sites (tertiary alicyclic amines) is 1. The Labute approximate surface area is 123 Å². The predicted molar refractivity (Wildman–Crippen MR) is 82.7 cm³/mol. The first-order chi connectivity index (χ1) is 9.67. The van der Waals surface area contributed by atoms with Crippen LogP contribution in [0.5, 0.6) is 0 Å². The smallest absolute Gasteiger partial charge is 0.216 e. The highest BCUT2D eigenvalue weighted by molar-refractivity contribution is 5.72. The van der Waals surface area contributed by atoms with E-state index in [9.17, 15) is 4.79 Å². The third-order valence-electron chi connectivity index (χ3n) is 4.50. The second-order valence-corrected chi connectivity index (χ2v) is 6.68. The molecular formula is C16H31N3O. The van der Waals surface area contributed by atoms with Gasteiger partial charge in [-0.25, -0.2) is 0 Å². The summed E-state index contributed by atoms with van der Waals surface area (Å²) in [7, 11) is 0. The van der Waals surface area contributed by atoms with Gasteiger partial charge >= 0.3 is 0 Å². The highest BCUT2D eigenvalue weighted by Gasteiger charge is 2.28. The van der Waals surface area contributed by atoms with E-state index in [4.69, 9.17) is 0 Å². The first-order valence-corrected chi connectivity index (χ1v) is 8.37. The molecule has 20 heavy (non-hydrogen) atoms. The zero-order chi connectivity index (χ0) is 14.4. The second-order valence-electron chi connectivity index (χ2n) is 6.68. The maximum atomic E-state index is 11.0. The summed E-state index contributed by atoms with van der Waals surface area (Å²) in [5.74, 6) is 1.85. The number of nitrogens with zero attached hydrogens (tertiary/aromatic N) is 1. The molecule has 2 unspecified atom stereocenters. The van der Waals surface area contributed by atoms with Crippen molar-refractivity contribution in [2.45, 2.75) is 52.0 Å². The van der Waals surface area contributed by atoms with E-state index in [1.54, 1.807) is 6.92 Å². The van der Waals surface area contributed by atoms with Crippen LogP contribution in [0.15, 0.2) is 0 Å². The minimum absolute atomic E-state index is 0.0792. The molecule has 4 nitrogen and oxygen atoms in total. The Morgan fingerprint density at radius 2 is 2.05 bits per heavy atom. The lowest BCUT2D eigenvalue weighted by molar-refractivity contribution is -0.119. The van der Waals surface area contributed by atoms with Crippen LogP contribution in [0.25, 0.3) is 0 Å². The number of hydrogen-bond acceptors (Lipinski definition) is 3. The SMILES string of the molecule is CCCC1CC(NCC2CC2)CN(CCNC(C)=O)C1. The minimum Gasteiger partial charge on any atom is -0.355 e. The number of hydrogen-bond donors (Lipinski definition) is 2. The van der Waals surface area contributed by atoms with Gasteiger partial charge in [0.2, 0.25) is 5.91 Å². The van der Waals surface area contributed by atoms with Crippen LogP contribution in [0.4, 0.5) is 0 Å². The van der Waals surface area contributed by atoms with Crippen molar-refractivity contribution in [1.29, 1.82) is 0 Å². The lowest BCUT2D eigenvalue weighted by Crippen LogP contribution is -2.51. The summed E-state index contributed by atoms with van der Waals surface area (Å²) in [5.41, 5.74) is 0. The number of nitrogens with one attached hydrogen (secondary N) is 2. The average molecular weight is 281 g/mol. The summed E-state index contributed by atoms with van der Waals surface area (Å²) in [6, 6.07) is 0.651. The van der Waals surface area contributed by atoms with Crippen LogP contribution in [0.3, 0.4) is 0 Å². The van der Waals surface area contributed by atoms with E-state index in [2.05, 4.69) is 22.5 Å². The lowest BCUT2D eigenvalue weighted by Gasteiger charge is -2.38. The maximum Gasteiger partial charge on any atom is 0.216 e. The molecule has 0 radical (unpaired) electrons. The molecular weight excluding hydrogens is 250 g/mol. The van der Waals surface area contributed by atoms with E-state index in [1.807, 2.05) is 0 Å². The van der Waals surface area contributed by atoms with Gasteiger partial charge < -0.3 is 10.6 Å². The van der Waals surface area contributed by atoms with Crippen LogP contribution in [0, 0.1) is 11.8 Å². The molecule has 1 saturated carbocycles. The fourth-order valence-corrected chi connectivity index (χ4v) is 3.30. The molecule has 1 aliphatic carbocycles. The number of rotatable bonds is 8. The van der Waals surface area contributed by atoms with Crippen molar-refractivity contribution in [2.24, 2.45) is 11.8 Å². The van der Waals surface area contributed by atoms with Crippen molar-refractivity contribution in [3.63, 3.8) is 0 Å². The van der Waals surface area contributed by atoms with Crippen molar-refractivity contribution >= 4 is 5.91 Å². The molecule has 0 aromatic carbocycles. The Morgan fingerprint density at radius 1 is 1.25 bits per heavy atom. The molecule has 1 saturated heterocycles. The number of carbonyl (C=O) groups is 1. The van der Waals surface area contributed by atoms with Gasteiger partial charge in [0, 0.05) is 39.1 Å². The fourth-order valence-electron chi connectivity index (χ4n) is 3.30. The molecule has 0 aromatic heterocycles. The third-order valence-corrected chi connectivity index (χ3v) is 4.50. The Hall–Kier alpha value is -0.610. The van der Waals surface area contributed by atoms with Crippen LogP contribution in [0.1, 0.15) is 46.0 Å². The van der Waals surface area contributed by atoms with Gasteiger partial charge in [0.1, 0.15) is 0 Å². The van der Waals surface area contributed by atoms with Crippen LogP contribution in [0.2, 0.25) is 0 Å². The second kappa shape index (κ2) is 7.99. The van der Waals surface area contributed by atoms with Gasteiger partial charge in [-0.3, -0.25) is 9.69 Å². The molecule has 2 fully saturated rings. The average Bonchev–Trinajstić information content (AvgIpc) is 3.20. The highest BCUT2D eigenvalue weighted by atomic mass is 16.1. The molecule has 116 valence electrons. The molecule has 0 bridgehead atoms. The molecule has 1 amide bonds. The van der Waals surface area contributed by atoms with Crippen LogP contribution in [-0.2, 0) is 4.79 Å². The van der Waals surface area contributed by atoms with Crippen molar-refractivity contribution in [3.8, 4) is 0 Å². The molecule has 2 aliphatic rings. The Balaban J connectivity index is 1.74. The van der Waals surface area contributed by atoms with Crippen LogP contribution < -0.4 is 10.6 Å². The van der Waals surface area contributed by atoms with E-state index in [1.165, 1.54) is 45.2 Å². The molecule has 1 aliphatic heterocycles. The summed E-state index contributed by atoms with van der Waals surface area (Å²) in [5, 5.41) is 6.69. The van der Waals surface area contributed by atoms with Gasteiger partial charge in [-0.1, -0.05) is 13.3 Å². The van der Waals surface area contributed by atoms with E-state index < -0.39 is 0 Å². The van der Waals surface area contributed by atoms with Crippen molar-refractivity contribution in [2.75, 3.05) is 32.7 Å². The van der Waals surface area contributed by atoms with E-state index in [-0.39, 0.29) is 5.91 Å². The molecule has 1 heterocycles. The molecule has 0 aromatic rings. The zero-order valence-corrected chi connectivity index (χ0v) is 13.2. The summed E-state index contributed by atoms with van der Waals surface area (Å²) in [6.45, 7) is 9.20. The molecule has 2 rings (SSSR count). The predicted octanol–water partition coefficient (Wildman–Crippen LogP) is 1.61. The number of piperidine rings is 1. The Morgan fingerprint density at radius 3 is 2.70 bits per heavy atom. The van der Waals surface area contributed by atoms with E-state index in [0.29, 0.717) is 6.04 Å². The Kier molecular flexibility index (Phi) is 6.30. The van der Waals surface area contributed by atoms with Gasteiger partial charge in [0.25, 0.3) is 0 Å². The molecule has 2 N–H and O–H groups in total. The summed E-state index contributed by atoms with van der Waals surface area (Å²) >= 11 is 0. The highest BCUT2D eigenvalue weighted by Crippen LogP contribution is 2.28. The largest absolute Gasteiger partial charge is 0.355 e. The number of amides is 1. The lowest BCUT2D eigenvalue weighted by atomic mass is 9.90. The van der Waals surface area contributed by atoms with E-state index in [0.717, 1.165) is 31.5 Å². The van der Waals surface area contributed by atoms with Gasteiger partial charge in [0.15, 0.2) is 0 Å². The van der Waals surface area contributed by atoms with Crippen molar-refractivity contribution < 1.29 is 4.79 Å². The van der Waals surface area contributed by atoms with Gasteiger partial charge in [-0.05, 0) is 44.1 Å². The van der Waals surface area contributed by atoms with Crippen molar-refractivity contribution in [1.82, 2.24) is 15.5 Å². The van der Waals surface area contributed by atoms with Gasteiger partial charge in [-0.2, -0.15) is 0 Å². The zero-order valence-electron chi connectivity index (χ0n) is 13.2. The van der Waals surface area contributed by atoms with Crippen molar-refractivity contribution in [3.05, 3.63) is 0 Å². The number of carbonyl (C=O) groups excluding carboxylic acids is 1. The molecule has 2 atom stereocenters. The standard InChI is InChI=1S/C16H31N3O/c1-3-4-15-9-16(18-10-14-5-6-14)12-19(11-15)8-7-17-13(2)20/h14-16,18H,3-12H2,1-2H3,(H,17,20). The summed E-state index contributed by atoms with van der Waals surface area (Å²) in [6.07, 6.45) is 6.78. The Bertz CT molecular complexity index is 304. The van der Waals surface area contributed by atoms with E-state index >= 15 is 0 Å².